The van der Waals surface area contributed by atoms with Crippen LogP contribution in [-0.4, -0.2) is 6.54 Å². The van der Waals surface area contributed by atoms with Crippen molar-refractivity contribution in [3.8, 4) is 0 Å². The zero-order valence-electron chi connectivity index (χ0n) is 12.0. The van der Waals surface area contributed by atoms with Gasteiger partial charge >= 0.3 is 0 Å². The normalized spacial score (nSPS) is 13.6. The second kappa shape index (κ2) is 7.76. The Morgan fingerprint density at radius 3 is 2.38 bits per heavy atom. The fourth-order valence-electron chi connectivity index (χ4n) is 2.32. The minimum atomic E-state index is 0.396. The van der Waals surface area contributed by atoms with Crippen LogP contribution in [0.4, 0.5) is 0 Å². The molecule has 0 aliphatic carbocycles. The van der Waals surface area contributed by atoms with Crippen molar-refractivity contribution in [1.29, 1.82) is 0 Å². The first-order valence-electron chi connectivity index (χ1n) is 6.83. The summed E-state index contributed by atoms with van der Waals surface area (Å²) in [6.45, 7) is 16.7. The van der Waals surface area contributed by atoms with E-state index in [1.54, 1.807) is 0 Å². The van der Waals surface area contributed by atoms with Gasteiger partial charge in [0.15, 0.2) is 0 Å². The van der Waals surface area contributed by atoms with E-state index in [1.807, 2.05) is 0 Å². The highest BCUT2D eigenvalue weighted by Gasteiger charge is 2.17. The van der Waals surface area contributed by atoms with Crippen LogP contribution >= 0.6 is 0 Å². The molecule has 0 saturated carbocycles. The summed E-state index contributed by atoms with van der Waals surface area (Å²) in [5, 5.41) is 3.49. The van der Waals surface area contributed by atoms with Crippen LogP contribution < -0.4 is 5.32 Å². The summed E-state index contributed by atoms with van der Waals surface area (Å²) >= 11 is 0. The third-order valence-electron chi connectivity index (χ3n) is 3.10. The molecule has 96 valence electrons. The molecule has 1 heteroatoms. The van der Waals surface area contributed by atoms with Crippen molar-refractivity contribution in [1.82, 2.24) is 5.32 Å². The molecular formula is C15H31N. The van der Waals surface area contributed by atoms with Gasteiger partial charge in [0.1, 0.15) is 0 Å². The maximum absolute atomic E-state index is 4.14. The zero-order chi connectivity index (χ0) is 12.6. The summed E-state index contributed by atoms with van der Waals surface area (Å²) < 4.78 is 0. The van der Waals surface area contributed by atoms with Crippen molar-refractivity contribution in [3.05, 3.63) is 12.3 Å². The van der Waals surface area contributed by atoms with Gasteiger partial charge in [-0.3, -0.25) is 0 Å². The molecule has 0 fully saturated rings. The van der Waals surface area contributed by atoms with E-state index >= 15 is 0 Å². The fraction of sp³-hybridized carbons (Fsp3) is 0.867. The molecule has 1 atom stereocenters. The summed E-state index contributed by atoms with van der Waals surface area (Å²) in [7, 11) is 0. The lowest BCUT2D eigenvalue weighted by Crippen LogP contribution is -2.24. The molecule has 0 aromatic heterocycles. The van der Waals surface area contributed by atoms with Gasteiger partial charge in [-0.25, -0.2) is 0 Å². The van der Waals surface area contributed by atoms with Crippen LogP contribution in [0.5, 0.6) is 0 Å². The summed E-state index contributed by atoms with van der Waals surface area (Å²) in [6.07, 6.45) is 6.21. The number of rotatable bonds is 9. The van der Waals surface area contributed by atoms with Crippen LogP contribution in [0.2, 0.25) is 0 Å². The molecule has 16 heavy (non-hydrogen) atoms. The number of nitrogens with one attached hydrogen (secondary N) is 1. The van der Waals surface area contributed by atoms with Crippen molar-refractivity contribution in [2.45, 2.75) is 66.7 Å². The van der Waals surface area contributed by atoms with Crippen LogP contribution in [0.3, 0.4) is 0 Å². The van der Waals surface area contributed by atoms with Gasteiger partial charge in [0.05, 0.1) is 0 Å². The molecule has 1 nitrogen and oxygen atoms in total. The van der Waals surface area contributed by atoms with Crippen LogP contribution in [0, 0.1) is 11.3 Å². The molecule has 0 aromatic carbocycles. The highest BCUT2D eigenvalue weighted by atomic mass is 14.9. The van der Waals surface area contributed by atoms with E-state index in [0.717, 1.165) is 18.9 Å². The maximum Gasteiger partial charge on any atom is 0.0169 e. The van der Waals surface area contributed by atoms with E-state index in [9.17, 15) is 0 Å². The SMILES string of the molecule is C=C(CC(C)(C)CCC)NCC(C)CCC. The van der Waals surface area contributed by atoms with Crippen molar-refractivity contribution in [3.63, 3.8) is 0 Å². The van der Waals surface area contributed by atoms with E-state index in [4.69, 9.17) is 0 Å². The average molecular weight is 225 g/mol. The summed E-state index contributed by atoms with van der Waals surface area (Å²) in [5.41, 5.74) is 1.61. The van der Waals surface area contributed by atoms with Crippen LogP contribution in [-0.2, 0) is 0 Å². The lowest BCUT2D eigenvalue weighted by Gasteiger charge is -2.26. The Hall–Kier alpha value is -0.460. The maximum atomic E-state index is 4.14. The topological polar surface area (TPSA) is 12.0 Å². The van der Waals surface area contributed by atoms with Gasteiger partial charge in [-0.15, -0.1) is 0 Å². The first-order valence-corrected chi connectivity index (χ1v) is 6.83. The molecule has 1 N–H and O–H groups in total. The Kier molecular flexibility index (Phi) is 7.53. The molecule has 0 spiro atoms. The zero-order valence-corrected chi connectivity index (χ0v) is 12.0. The van der Waals surface area contributed by atoms with Crippen LogP contribution in [0.15, 0.2) is 12.3 Å². The lowest BCUT2D eigenvalue weighted by atomic mass is 9.83. The Balaban J connectivity index is 3.81. The van der Waals surface area contributed by atoms with E-state index < -0.39 is 0 Å². The lowest BCUT2D eigenvalue weighted by molar-refractivity contribution is 0.319. The van der Waals surface area contributed by atoms with Gasteiger partial charge in [0.25, 0.3) is 0 Å². The van der Waals surface area contributed by atoms with E-state index in [2.05, 4.69) is 46.5 Å². The Morgan fingerprint density at radius 2 is 1.88 bits per heavy atom. The fourth-order valence-corrected chi connectivity index (χ4v) is 2.32. The molecule has 0 saturated heterocycles. The van der Waals surface area contributed by atoms with E-state index in [0.29, 0.717) is 5.41 Å². The predicted molar refractivity (Wildman–Crippen MR) is 74.5 cm³/mol. The van der Waals surface area contributed by atoms with Gasteiger partial charge < -0.3 is 5.32 Å². The molecule has 0 heterocycles. The van der Waals surface area contributed by atoms with Crippen molar-refractivity contribution in [2.24, 2.45) is 11.3 Å². The molecule has 0 amide bonds. The molecule has 0 rings (SSSR count). The number of hydrogen-bond acceptors (Lipinski definition) is 1. The van der Waals surface area contributed by atoms with Crippen LogP contribution in [0.25, 0.3) is 0 Å². The van der Waals surface area contributed by atoms with Gasteiger partial charge in [-0.2, -0.15) is 0 Å². The second-order valence-corrected chi connectivity index (χ2v) is 5.97. The Morgan fingerprint density at radius 1 is 1.25 bits per heavy atom. The Labute approximate surface area is 103 Å². The molecule has 1 unspecified atom stereocenters. The van der Waals surface area contributed by atoms with Crippen LogP contribution in [0.1, 0.15) is 66.7 Å². The van der Waals surface area contributed by atoms with E-state index in [1.165, 1.54) is 31.4 Å². The van der Waals surface area contributed by atoms with Gasteiger partial charge in [0, 0.05) is 12.2 Å². The van der Waals surface area contributed by atoms with Gasteiger partial charge in [-0.05, 0) is 30.6 Å². The molecule has 0 radical (unpaired) electrons. The second-order valence-electron chi connectivity index (χ2n) is 5.97. The Bertz CT molecular complexity index is 194. The highest BCUT2D eigenvalue weighted by Crippen LogP contribution is 2.28. The molecule has 0 aliphatic heterocycles. The smallest absolute Gasteiger partial charge is 0.0169 e. The molecule has 0 aliphatic rings. The van der Waals surface area contributed by atoms with E-state index in [-0.39, 0.29) is 0 Å². The van der Waals surface area contributed by atoms with Crippen molar-refractivity contribution < 1.29 is 0 Å². The highest BCUT2D eigenvalue weighted by molar-refractivity contribution is 4.96. The monoisotopic (exact) mass is 225 g/mol. The van der Waals surface area contributed by atoms with Crippen molar-refractivity contribution in [2.75, 3.05) is 6.54 Å². The first-order chi connectivity index (χ1) is 7.41. The van der Waals surface area contributed by atoms with Gasteiger partial charge in [0.2, 0.25) is 0 Å². The largest absolute Gasteiger partial charge is 0.389 e. The molecular weight excluding hydrogens is 194 g/mol. The minimum Gasteiger partial charge on any atom is -0.389 e. The molecule has 0 bridgehead atoms. The standard InChI is InChI=1S/C15H31N/c1-7-9-13(3)12-16-14(4)11-15(5,6)10-8-2/h13,16H,4,7-12H2,1-3,5-6H3. The third-order valence-corrected chi connectivity index (χ3v) is 3.10. The van der Waals surface area contributed by atoms with Gasteiger partial charge in [-0.1, -0.05) is 54.0 Å². The molecule has 0 aromatic rings. The predicted octanol–water partition coefficient (Wildman–Crippen LogP) is 4.74. The average Bonchev–Trinajstić information content (AvgIpc) is 2.14. The third kappa shape index (κ3) is 7.78. The van der Waals surface area contributed by atoms with Crippen molar-refractivity contribution >= 4 is 0 Å². The minimum absolute atomic E-state index is 0.396. The number of hydrogen-bond donors (Lipinski definition) is 1. The summed E-state index contributed by atoms with van der Waals surface area (Å²) in [4.78, 5) is 0. The quantitative estimate of drug-likeness (QED) is 0.597. The number of allylic oxidation sites excluding steroid dienone is 1. The summed E-state index contributed by atoms with van der Waals surface area (Å²) in [6, 6.07) is 0. The first kappa shape index (κ1) is 15.5. The summed E-state index contributed by atoms with van der Waals surface area (Å²) in [5.74, 6) is 0.760.